The highest BCUT2D eigenvalue weighted by atomic mass is 17.1. The Morgan fingerprint density at radius 1 is 1.57 bits per heavy atom. The summed E-state index contributed by atoms with van der Waals surface area (Å²) in [5.41, 5.74) is 0. The summed E-state index contributed by atoms with van der Waals surface area (Å²) in [6, 6.07) is 0. The van der Waals surface area contributed by atoms with E-state index >= 15 is 0 Å². The third-order valence-corrected chi connectivity index (χ3v) is 1.53. The first-order valence-electron chi connectivity index (χ1n) is 4.09. The molecule has 14 heavy (non-hydrogen) atoms. The lowest BCUT2D eigenvalue weighted by Crippen LogP contribution is -2.34. The summed E-state index contributed by atoms with van der Waals surface area (Å²) in [6.07, 6.45) is -0.740. The average molecular weight is 206 g/mol. The van der Waals surface area contributed by atoms with Crippen molar-refractivity contribution >= 4 is 12.3 Å². The number of methoxy groups -OCH3 is 1. The van der Waals surface area contributed by atoms with Crippen LogP contribution in [0.4, 0.5) is 0 Å². The van der Waals surface area contributed by atoms with Crippen molar-refractivity contribution in [2.24, 2.45) is 0 Å². The quantitative estimate of drug-likeness (QED) is 0.213. The molecule has 1 N–H and O–H groups in total. The Labute approximate surface area is 81.7 Å². The lowest BCUT2D eigenvalue weighted by atomic mass is 10.2. The Morgan fingerprint density at radius 2 is 2.21 bits per heavy atom. The van der Waals surface area contributed by atoms with Gasteiger partial charge in [0.05, 0.1) is 0 Å². The third kappa shape index (κ3) is 4.90. The van der Waals surface area contributed by atoms with Crippen molar-refractivity contribution in [1.82, 2.24) is 0 Å². The number of esters is 1. The van der Waals surface area contributed by atoms with Gasteiger partial charge < -0.3 is 14.3 Å². The molecule has 0 radical (unpaired) electrons. The van der Waals surface area contributed by atoms with E-state index in [9.17, 15) is 9.59 Å². The monoisotopic (exact) mass is 206 g/mol. The van der Waals surface area contributed by atoms with Crippen LogP contribution in [0.25, 0.3) is 0 Å². The van der Waals surface area contributed by atoms with E-state index in [0.29, 0.717) is 6.29 Å². The van der Waals surface area contributed by atoms with E-state index < -0.39 is 18.4 Å². The molecule has 0 aromatic carbocycles. The minimum absolute atomic E-state index is 0.196. The zero-order valence-corrected chi connectivity index (χ0v) is 8.13. The van der Waals surface area contributed by atoms with E-state index in [1.54, 1.807) is 0 Å². The van der Waals surface area contributed by atoms with E-state index in [2.05, 4.69) is 4.89 Å². The fraction of sp³-hybridized carbons (Fsp3) is 0.750. The molecule has 0 aromatic rings. The van der Waals surface area contributed by atoms with Gasteiger partial charge in [-0.05, 0) is 6.42 Å². The Morgan fingerprint density at radius 3 is 2.57 bits per heavy atom. The van der Waals surface area contributed by atoms with Gasteiger partial charge in [-0.15, -0.1) is 0 Å². The van der Waals surface area contributed by atoms with Crippen molar-refractivity contribution < 1.29 is 29.2 Å². The summed E-state index contributed by atoms with van der Waals surface area (Å²) >= 11 is 0. The summed E-state index contributed by atoms with van der Waals surface area (Å²) in [5, 5.41) is 8.40. The molecule has 6 nitrogen and oxygen atoms in total. The summed E-state index contributed by atoms with van der Waals surface area (Å²) in [6.45, 7) is 1.22. The van der Waals surface area contributed by atoms with Crippen molar-refractivity contribution in [3.63, 3.8) is 0 Å². The third-order valence-electron chi connectivity index (χ3n) is 1.53. The molecule has 0 aromatic heterocycles. The molecule has 0 bridgehead atoms. The molecule has 0 heterocycles. The molecule has 0 amide bonds. The van der Waals surface area contributed by atoms with Crippen LogP contribution in [0.2, 0.25) is 0 Å². The number of aldehydes is 1. The van der Waals surface area contributed by atoms with Gasteiger partial charge in [-0.3, -0.25) is 4.79 Å². The fourth-order valence-electron chi connectivity index (χ4n) is 0.959. The van der Waals surface area contributed by atoms with Crippen molar-refractivity contribution in [2.75, 3.05) is 7.11 Å². The van der Waals surface area contributed by atoms with Crippen LogP contribution in [0, 0.1) is 0 Å². The second-order valence-corrected chi connectivity index (χ2v) is 2.60. The second kappa shape index (κ2) is 7.43. The Kier molecular flexibility index (Phi) is 6.91. The predicted octanol–water partition coefficient (Wildman–Crippen LogP) is 0.359. The van der Waals surface area contributed by atoms with Crippen molar-refractivity contribution in [3.05, 3.63) is 0 Å². The molecule has 0 saturated carbocycles. The molecule has 0 rings (SSSR count). The largest absolute Gasteiger partial charge is 0.457 e. The maximum Gasteiger partial charge on any atom is 0.303 e. The molecule has 82 valence electrons. The highest BCUT2D eigenvalue weighted by Gasteiger charge is 2.24. The SMILES string of the molecule is COC(OO)C(CCC=O)OC(C)=O. The first kappa shape index (κ1) is 13.0. The van der Waals surface area contributed by atoms with Crippen LogP contribution in [-0.2, 0) is 24.0 Å². The predicted molar refractivity (Wildman–Crippen MR) is 45.4 cm³/mol. The Hall–Kier alpha value is -0.980. The zero-order valence-electron chi connectivity index (χ0n) is 8.13. The Balaban J connectivity index is 4.19. The van der Waals surface area contributed by atoms with Gasteiger partial charge in [0.25, 0.3) is 0 Å². The molecule has 0 aliphatic carbocycles. The molecular weight excluding hydrogens is 192 g/mol. The second-order valence-electron chi connectivity index (χ2n) is 2.60. The lowest BCUT2D eigenvalue weighted by molar-refractivity contribution is -0.361. The van der Waals surface area contributed by atoms with Gasteiger partial charge in [-0.25, -0.2) is 10.1 Å². The first-order chi connectivity index (χ1) is 6.65. The normalized spacial score (nSPS) is 14.5. The van der Waals surface area contributed by atoms with Crippen LogP contribution in [-0.4, -0.2) is 37.0 Å². The van der Waals surface area contributed by atoms with Gasteiger partial charge in [-0.2, -0.15) is 0 Å². The van der Waals surface area contributed by atoms with E-state index in [0.717, 1.165) is 0 Å². The summed E-state index contributed by atoms with van der Waals surface area (Å²) in [7, 11) is 1.29. The molecule has 0 fully saturated rings. The van der Waals surface area contributed by atoms with Crippen molar-refractivity contribution in [1.29, 1.82) is 0 Å². The van der Waals surface area contributed by atoms with Crippen LogP contribution in [0.1, 0.15) is 19.8 Å². The molecule has 6 heteroatoms. The van der Waals surface area contributed by atoms with Gasteiger partial charge >= 0.3 is 5.97 Å². The van der Waals surface area contributed by atoms with E-state index in [1.807, 2.05) is 0 Å². The van der Waals surface area contributed by atoms with Crippen LogP contribution in [0.3, 0.4) is 0 Å². The summed E-state index contributed by atoms with van der Waals surface area (Å²) in [4.78, 5) is 24.7. The molecule has 0 saturated heterocycles. The van der Waals surface area contributed by atoms with E-state index in [-0.39, 0.29) is 12.8 Å². The lowest BCUT2D eigenvalue weighted by Gasteiger charge is -2.21. The molecule has 2 unspecified atom stereocenters. The molecular formula is C8H14O6. The van der Waals surface area contributed by atoms with E-state index in [1.165, 1.54) is 14.0 Å². The summed E-state index contributed by atoms with van der Waals surface area (Å²) < 4.78 is 9.48. The number of hydrogen-bond acceptors (Lipinski definition) is 6. The maximum absolute atomic E-state index is 10.7. The van der Waals surface area contributed by atoms with Crippen LogP contribution in [0.15, 0.2) is 0 Å². The molecule has 2 atom stereocenters. The van der Waals surface area contributed by atoms with Gasteiger partial charge in [0, 0.05) is 20.5 Å². The zero-order chi connectivity index (χ0) is 11.0. The average Bonchev–Trinajstić information content (AvgIpc) is 2.15. The number of hydrogen-bond donors (Lipinski definition) is 1. The van der Waals surface area contributed by atoms with Crippen LogP contribution in [0.5, 0.6) is 0 Å². The van der Waals surface area contributed by atoms with Crippen LogP contribution < -0.4 is 0 Å². The number of carbonyl (C=O) groups is 2. The van der Waals surface area contributed by atoms with Gasteiger partial charge in [0.1, 0.15) is 6.29 Å². The molecule has 0 spiro atoms. The maximum atomic E-state index is 10.7. The number of ether oxygens (including phenoxy) is 2. The number of carbonyl (C=O) groups excluding carboxylic acids is 2. The van der Waals surface area contributed by atoms with Gasteiger partial charge in [-0.1, -0.05) is 0 Å². The number of rotatable bonds is 7. The van der Waals surface area contributed by atoms with Crippen molar-refractivity contribution in [3.8, 4) is 0 Å². The smallest absolute Gasteiger partial charge is 0.303 e. The van der Waals surface area contributed by atoms with Crippen molar-refractivity contribution in [2.45, 2.75) is 32.2 Å². The highest BCUT2D eigenvalue weighted by Crippen LogP contribution is 2.10. The van der Waals surface area contributed by atoms with Gasteiger partial charge in [0.2, 0.25) is 6.29 Å². The summed E-state index contributed by atoms with van der Waals surface area (Å²) in [5.74, 6) is -0.528. The molecule has 0 aliphatic rings. The first-order valence-corrected chi connectivity index (χ1v) is 4.09. The minimum atomic E-state index is -1.07. The highest BCUT2D eigenvalue weighted by molar-refractivity contribution is 5.66. The van der Waals surface area contributed by atoms with Gasteiger partial charge in [0.15, 0.2) is 6.10 Å². The standard InChI is InChI=1S/C8H14O6/c1-6(10)13-7(4-3-5-9)8(12-2)14-11/h5,7-8,11H,3-4H2,1-2H3. The topological polar surface area (TPSA) is 82.1 Å². The van der Waals surface area contributed by atoms with E-state index in [4.69, 9.17) is 14.7 Å². The Bertz CT molecular complexity index is 177. The van der Waals surface area contributed by atoms with Crippen LogP contribution >= 0.6 is 0 Å². The minimum Gasteiger partial charge on any atom is -0.457 e. The fourth-order valence-corrected chi connectivity index (χ4v) is 0.959. The molecule has 0 aliphatic heterocycles.